The van der Waals surface area contributed by atoms with Gasteiger partial charge in [-0.2, -0.15) is 0 Å². The van der Waals surface area contributed by atoms with Crippen LogP contribution in [-0.4, -0.2) is 5.91 Å². The van der Waals surface area contributed by atoms with Gasteiger partial charge in [-0.3, -0.25) is 4.79 Å². The maximum Gasteiger partial charge on any atom is 0.249 e. The highest BCUT2D eigenvalue weighted by Crippen LogP contribution is 2.22. The molecule has 1 rings (SSSR count). The largest absolute Gasteiger partial charge is 0.366 e. The number of carbonyl (C=O) groups excluding carboxylic acids is 1. The van der Waals surface area contributed by atoms with Crippen LogP contribution in [0, 0.1) is 12.7 Å². The number of amides is 1. The van der Waals surface area contributed by atoms with Gasteiger partial charge in [-0.25, -0.2) is 4.39 Å². The van der Waals surface area contributed by atoms with E-state index >= 15 is 0 Å². The van der Waals surface area contributed by atoms with Crippen LogP contribution in [0.4, 0.5) is 4.39 Å². The average molecular weight is 232 g/mol. The van der Waals surface area contributed by atoms with Crippen molar-refractivity contribution in [3.05, 3.63) is 33.5 Å². The SMILES string of the molecule is Cc1c(C(N)=O)ccc(F)c1Br. The van der Waals surface area contributed by atoms with E-state index in [2.05, 4.69) is 15.9 Å². The lowest BCUT2D eigenvalue weighted by Gasteiger charge is -2.03. The molecule has 2 N–H and O–H groups in total. The minimum Gasteiger partial charge on any atom is -0.366 e. The highest BCUT2D eigenvalue weighted by molar-refractivity contribution is 9.10. The second-order valence-electron chi connectivity index (χ2n) is 2.40. The van der Waals surface area contributed by atoms with Gasteiger partial charge in [-0.1, -0.05) is 0 Å². The van der Waals surface area contributed by atoms with E-state index in [0.717, 1.165) is 0 Å². The summed E-state index contributed by atoms with van der Waals surface area (Å²) >= 11 is 3.02. The van der Waals surface area contributed by atoms with Crippen LogP contribution in [-0.2, 0) is 0 Å². The molecule has 1 aromatic carbocycles. The van der Waals surface area contributed by atoms with E-state index in [4.69, 9.17) is 5.73 Å². The fraction of sp³-hybridized carbons (Fsp3) is 0.125. The molecule has 0 aliphatic carbocycles. The van der Waals surface area contributed by atoms with Gasteiger partial charge < -0.3 is 5.73 Å². The lowest BCUT2D eigenvalue weighted by molar-refractivity contribution is 0.0999. The molecule has 0 spiro atoms. The van der Waals surface area contributed by atoms with E-state index in [9.17, 15) is 9.18 Å². The Morgan fingerprint density at radius 2 is 2.17 bits per heavy atom. The van der Waals surface area contributed by atoms with E-state index in [1.54, 1.807) is 6.92 Å². The van der Waals surface area contributed by atoms with Gasteiger partial charge in [0.1, 0.15) is 5.82 Å². The van der Waals surface area contributed by atoms with Crippen LogP contribution >= 0.6 is 15.9 Å². The van der Waals surface area contributed by atoms with Crippen molar-refractivity contribution in [2.75, 3.05) is 0 Å². The lowest BCUT2D eigenvalue weighted by atomic mass is 10.1. The Morgan fingerprint density at radius 3 is 2.67 bits per heavy atom. The van der Waals surface area contributed by atoms with Crippen LogP contribution in [0.25, 0.3) is 0 Å². The first-order valence-electron chi connectivity index (χ1n) is 3.28. The van der Waals surface area contributed by atoms with Crippen molar-refractivity contribution in [2.24, 2.45) is 5.73 Å². The number of halogens is 2. The smallest absolute Gasteiger partial charge is 0.249 e. The van der Waals surface area contributed by atoms with Gasteiger partial charge in [0.2, 0.25) is 5.91 Å². The summed E-state index contributed by atoms with van der Waals surface area (Å²) in [7, 11) is 0. The molecular formula is C8H7BrFNO. The van der Waals surface area contributed by atoms with Gasteiger partial charge in [0, 0.05) is 5.56 Å². The van der Waals surface area contributed by atoms with Crippen LogP contribution < -0.4 is 5.73 Å². The summed E-state index contributed by atoms with van der Waals surface area (Å²) in [5.74, 6) is -0.939. The molecule has 0 unspecified atom stereocenters. The Balaban J connectivity index is 3.36. The van der Waals surface area contributed by atoms with Gasteiger partial charge in [0.05, 0.1) is 4.47 Å². The van der Waals surface area contributed by atoms with E-state index in [-0.39, 0.29) is 0 Å². The summed E-state index contributed by atoms with van der Waals surface area (Å²) in [6.07, 6.45) is 0. The van der Waals surface area contributed by atoms with Crippen LogP contribution in [0.1, 0.15) is 15.9 Å². The minimum atomic E-state index is -0.548. The zero-order valence-corrected chi connectivity index (χ0v) is 7.98. The Labute approximate surface area is 77.7 Å². The number of rotatable bonds is 1. The Bertz CT molecular complexity index is 338. The lowest BCUT2D eigenvalue weighted by Crippen LogP contribution is -2.13. The third-order valence-electron chi connectivity index (χ3n) is 1.60. The second-order valence-corrected chi connectivity index (χ2v) is 3.19. The third-order valence-corrected chi connectivity index (χ3v) is 2.58. The Hall–Kier alpha value is -0.900. The van der Waals surface area contributed by atoms with E-state index < -0.39 is 11.7 Å². The number of benzene rings is 1. The molecule has 0 aliphatic heterocycles. The summed E-state index contributed by atoms with van der Waals surface area (Å²) < 4.78 is 13.1. The predicted octanol–water partition coefficient (Wildman–Crippen LogP) is 2.00. The van der Waals surface area contributed by atoms with E-state index in [1.165, 1.54) is 12.1 Å². The summed E-state index contributed by atoms with van der Waals surface area (Å²) in [5, 5.41) is 0. The maximum absolute atomic E-state index is 12.8. The Kier molecular flexibility index (Phi) is 2.47. The molecule has 0 saturated heterocycles. The molecule has 0 aliphatic rings. The molecule has 0 heterocycles. The van der Waals surface area contributed by atoms with Crippen LogP contribution in [0.3, 0.4) is 0 Å². The highest BCUT2D eigenvalue weighted by atomic mass is 79.9. The highest BCUT2D eigenvalue weighted by Gasteiger charge is 2.10. The first-order valence-corrected chi connectivity index (χ1v) is 4.07. The predicted molar refractivity (Wildman–Crippen MR) is 47.4 cm³/mol. The molecule has 0 aromatic heterocycles. The Morgan fingerprint density at radius 1 is 1.58 bits per heavy atom. The number of hydrogen-bond donors (Lipinski definition) is 1. The first-order chi connectivity index (χ1) is 5.54. The summed E-state index contributed by atoms with van der Waals surface area (Å²) in [6, 6.07) is 2.58. The van der Waals surface area contributed by atoms with Crippen molar-refractivity contribution in [1.82, 2.24) is 0 Å². The summed E-state index contributed by atoms with van der Waals surface area (Å²) in [6.45, 7) is 1.63. The number of nitrogens with two attached hydrogens (primary N) is 1. The van der Waals surface area contributed by atoms with Gasteiger partial charge in [-0.05, 0) is 40.5 Å². The molecule has 2 nitrogen and oxygen atoms in total. The monoisotopic (exact) mass is 231 g/mol. The van der Waals surface area contributed by atoms with Gasteiger partial charge in [0.25, 0.3) is 0 Å². The normalized spacial score (nSPS) is 9.92. The molecule has 0 radical (unpaired) electrons. The molecule has 64 valence electrons. The fourth-order valence-electron chi connectivity index (χ4n) is 0.919. The number of hydrogen-bond acceptors (Lipinski definition) is 1. The van der Waals surface area contributed by atoms with Gasteiger partial charge in [0.15, 0.2) is 0 Å². The number of carbonyl (C=O) groups is 1. The molecule has 12 heavy (non-hydrogen) atoms. The quantitative estimate of drug-likeness (QED) is 0.790. The van der Waals surface area contributed by atoms with Crippen molar-refractivity contribution in [2.45, 2.75) is 6.92 Å². The molecular weight excluding hydrogens is 225 g/mol. The average Bonchev–Trinajstić information content (AvgIpc) is 2.00. The second kappa shape index (κ2) is 3.23. The maximum atomic E-state index is 12.8. The van der Waals surface area contributed by atoms with Crippen molar-refractivity contribution >= 4 is 21.8 Å². The summed E-state index contributed by atoms with van der Waals surface area (Å²) in [5.41, 5.74) is 5.92. The standard InChI is InChI=1S/C8H7BrFNO/c1-4-5(8(11)12)2-3-6(10)7(4)9/h2-3H,1H3,(H2,11,12). The van der Waals surface area contributed by atoms with Crippen LogP contribution in [0.15, 0.2) is 16.6 Å². The molecule has 1 aromatic rings. The van der Waals surface area contributed by atoms with E-state index in [1.807, 2.05) is 0 Å². The van der Waals surface area contributed by atoms with Crippen molar-refractivity contribution in [1.29, 1.82) is 0 Å². The van der Waals surface area contributed by atoms with Gasteiger partial charge >= 0.3 is 0 Å². The van der Waals surface area contributed by atoms with Crippen LogP contribution in [0.2, 0.25) is 0 Å². The van der Waals surface area contributed by atoms with Gasteiger partial charge in [-0.15, -0.1) is 0 Å². The zero-order chi connectivity index (χ0) is 9.30. The van der Waals surface area contributed by atoms with Crippen molar-refractivity contribution in [3.8, 4) is 0 Å². The van der Waals surface area contributed by atoms with E-state index in [0.29, 0.717) is 15.6 Å². The first kappa shape index (κ1) is 9.19. The summed E-state index contributed by atoms with van der Waals surface area (Å²) in [4.78, 5) is 10.8. The molecule has 0 saturated carbocycles. The molecule has 1 amide bonds. The van der Waals surface area contributed by atoms with Crippen LogP contribution in [0.5, 0.6) is 0 Å². The fourth-order valence-corrected chi connectivity index (χ4v) is 1.26. The minimum absolute atomic E-state index is 0.291. The van der Waals surface area contributed by atoms with Crippen molar-refractivity contribution in [3.63, 3.8) is 0 Å². The molecule has 0 fully saturated rings. The third kappa shape index (κ3) is 1.48. The van der Waals surface area contributed by atoms with Crippen molar-refractivity contribution < 1.29 is 9.18 Å². The topological polar surface area (TPSA) is 43.1 Å². The molecule has 0 bridgehead atoms. The zero-order valence-electron chi connectivity index (χ0n) is 6.40. The molecule has 4 heteroatoms. The molecule has 0 atom stereocenters. The number of primary amides is 1.